The summed E-state index contributed by atoms with van der Waals surface area (Å²) in [4.78, 5) is 14.4. The Kier molecular flexibility index (Phi) is 10.4. The smallest absolute Gasteiger partial charge is 0.410 e. The van der Waals surface area contributed by atoms with E-state index in [1.54, 1.807) is 4.90 Å². The Morgan fingerprint density at radius 3 is 2.26 bits per heavy atom. The number of nitrogens with two attached hydrogens (primary N) is 1. The first kappa shape index (κ1) is 25.3. The van der Waals surface area contributed by atoms with E-state index in [1.807, 2.05) is 66.7 Å². The largest absolute Gasteiger partial charge is 0.493 e. The molecule has 34 heavy (non-hydrogen) atoms. The molecule has 0 unspecified atom stereocenters. The molecule has 180 valence electrons. The molecule has 3 aromatic rings. The van der Waals surface area contributed by atoms with Crippen molar-refractivity contribution in [2.75, 3.05) is 26.3 Å². The van der Waals surface area contributed by atoms with Gasteiger partial charge in [0.05, 0.1) is 6.61 Å². The molecule has 0 saturated heterocycles. The number of ether oxygens (including phenoxy) is 2. The standard InChI is InChI=1S/C28H34N2O4/c29-21-24-14-15-26(25-12-5-2-6-13-25)27(20-24)33-19-9-17-30(16-7-8-18-31)28(32)34-22-23-10-3-1-4-11-23/h1-6,10-15,20,31H,7-9,16-19,21-22,29H2. The van der Waals surface area contributed by atoms with Gasteiger partial charge in [0.15, 0.2) is 0 Å². The molecule has 0 heterocycles. The highest BCUT2D eigenvalue weighted by Gasteiger charge is 2.15. The van der Waals surface area contributed by atoms with E-state index in [2.05, 4.69) is 12.1 Å². The van der Waals surface area contributed by atoms with Gasteiger partial charge in [-0.15, -0.1) is 0 Å². The zero-order valence-corrected chi connectivity index (χ0v) is 19.6. The monoisotopic (exact) mass is 462 g/mol. The summed E-state index contributed by atoms with van der Waals surface area (Å²) in [7, 11) is 0. The van der Waals surface area contributed by atoms with Crippen LogP contribution in [0.25, 0.3) is 11.1 Å². The maximum atomic E-state index is 12.7. The summed E-state index contributed by atoms with van der Waals surface area (Å²) < 4.78 is 11.7. The van der Waals surface area contributed by atoms with E-state index in [0.29, 0.717) is 45.5 Å². The Hall–Kier alpha value is -3.35. The van der Waals surface area contributed by atoms with Crippen molar-refractivity contribution in [3.05, 3.63) is 90.0 Å². The highest BCUT2D eigenvalue weighted by molar-refractivity contribution is 5.71. The van der Waals surface area contributed by atoms with Crippen molar-refractivity contribution >= 4 is 6.09 Å². The zero-order chi connectivity index (χ0) is 24.0. The average Bonchev–Trinajstić information content (AvgIpc) is 2.89. The molecule has 0 aliphatic heterocycles. The van der Waals surface area contributed by atoms with Crippen LogP contribution in [0, 0.1) is 0 Å². The lowest BCUT2D eigenvalue weighted by Gasteiger charge is -2.22. The van der Waals surface area contributed by atoms with Gasteiger partial charge in [0.25, 0.3) is 0 Å². The van der Waals surface area contributed by atoms with Gasteiger partial charge in [-0.1, -0.05) is 72.8 Å². The van der Waals surface area contributed by atoms with E-state index in [-0.39, 0.29) is 19.3 Å². The van der Waals surface area contributed by atoms with Gasteiger partial charge in [0.2, 0.25) is 0 Å². The second kappa shape index (κ2) is 14.0. The molecule has 0 aliphatic rings. The fourth-order valence-electron chi connectivity index (χ4n) is 3.63. The number of aliphatic hydroxyl groups excluding tert-OH is 1. The molecule has 0 aromatic heterocycles. The first-order chi connectivity index (χ1) is 16.7. The quantitative estimate of drug-likeness (QED) is 0.350. The molecule has 3 aromatic carbocycles. The SMILES string of the molecule is NCc1ccc(-c2ccccc2)c(OCCCN(CCCCO)C(=O)OCc2ccccc2)c1. The second-order valence-electron chi connectivity index (χ2n) is 8.06. The van der Waals surface area contributed by atoms with Gasteiger partial charge in [0, 0.05) is 31.8 Å². The van der Waals surface area contributed by atoms with E-state index in [4.69, 9.17) is 20.3 Å². The first-order valence-corrected chi connectivity index (χ1v) is 11.8. The van der Waals surface area contributed by atoms with Gasteiger partial charge >= 0.3 is 6.09 Å². The van der Waals surface area contributed by atoms with Crippen LogP contribution < -0.4 is 10.5 Å². The molecule has 3 N–H and O–H groups in total. The number of unbranched alkanes of at least 4 members (excludes halogenated alkanes) is 1. The lowest BCUT2D eigenvalue weighted by atomic mass is 10.0. The Balaban J connectivity index is 1.57. The molecule has 0 fully saturated rings. The highest BCUT2D eigenvalue weighted by atomic mass is 16.6. The maximum absolute atomic E-state index is 12.7. The van der Waals surface area contributed by atoms with E-state index < -0.39 is 0 Å². The van der Waals surface area contributed by atoms with Crippen LogP contribution in [-0.2, 0) is 17.9 Å². The van der Waals surface area contributed by atoms with Gasteiger partial charge in [-0.3, -0.25) is 0 Å². The summed E-state index contributed by atoms with van der Waals surface area (Å²) in [5.41, 5.74) is 9.88. The van der Waals surface area contributed by atoms with E-state index in [9.17, 15) is 4.79 Å². The van der Waals surface area contributed by atoms with Crippen LogP contribution in [0.15, 0.2) is 78.9 Å². The summed E-state index contributed by atoms with van der Waals surface area (Å²) >= 11 is 0. The number of nitrogens with zero attached hydrogens (tertiary/aromatic N) is 1. The van der Waals surface area contributed by atoms with Crippen LogP contribution in [0.1, 0.15) is 30.4 Å². The minimum absolute atomic E-state index is 0.107. The van der Waals surface area contributed by atoms with Gasteiger partial charge < -0.3 is 25.2 Å². The summed E-state index contributed by atoms with van der Waals surface area (Å²) in [5, 5.41) is 9.11. The zero-order valence-electron chi connectivity index (χ0n) is 19.6. The lowest BCUT2D eigenvalue weighted by molar-refractivity contribution is 0.0927. The number of hydrogen-bond donors (Lipinski definition) is 2. The van der Waals surface area contributed by atoms with Crippen molar-refractivity contribution in [3.63, 3.8) is 0 Å². The van der Waals surface area contributed by atoms with Crippen LogP contribution in [0.2, 0.25) is 0 Å². The molecule has 0 spiro atoms. The van der Waals surface area contributed by atoms with E-state index >= 15 is 0 Å². The van der Waals surface area contributed by atoms with Gasteiger partial charge in [-0.05, 0) is 42.0 Å². The third-order valence-corrected chi connectivity index (χ3v) is 5.50. The van der Waals surface area contributed by atoms with Crippen LogP contribution in [0.3, 0.4) is 0 Å². The van der Waals surface area contributed by atoms with Gasteiger partial charge in [-0.2, -0.15) is 0 Å². The third-order valence-electron chi connectivity index (χ3n) is 5.50. The molecular weight excluding hydrogens is 428 g/mol. The lowest BCUT2D eigenvalue weighted by Crippen LogP contribution is -2.34. The van der Waals surface area contributed by atoms with Gasteiger partial charge in [0.1, 0.15) is 12.4 Å². The molecular formula is C28H34N2O4. The van der Waals surface area contributed by atoms with Crippen molar-refractivity contribution in [2.24, 2.45) is 5.73 Å². The normalized spacial score (nSPS) is 10.6. The number of benzene rings is 3. The summed E-state index contributed by atoms with van der Waals surface area (Å²) in [5.74, 6) is 0.785. The summed E-state index contributed by atoms with van der Waals surface area (Å²) in [6, 6.07) is 25.7. The second-order valence-corrected chi connectivity index (χ2v) is 8.06. The minimum Gasteiger partial charge on any atom is -0.493 e. The molecule has 0 saturated carbocycles. The molecule has 0 radical (unpaired) electrons. The minimum atomic E-state index is -0.350. The Morgan fingerprint density at radius 1 is 0.853 bits per heavy atom. The molecule has 6 heteroatoms. The predicted octanol–water partition coefficient (Wildman–Crippen LogP) is 4.99. The maximum Gasteiger partial charge on any atom is 0.410 e. The molecule has 6 nitrogen and oxygen atoms in total. The third kappa shape index (κ3) is 7.90. The van der Waals surface area contributed by atoms with Crippen LogP contribution >= 0.6 is 0 Å². The van der Waals surface area contributed by atoms with E-state index in [0.717, 1.165) is 28.0 Å². The molecule has 1 amide bonds. The number of hydrogen-bond acceptors (Lipinski definition) is 5. The van der Waals surface area contributed by atoms with Crippen molar-refractivity contribution in [3.8, 4) is 16.9 Å². The van der Waals surface area contributed by atoms with Crippen LogP contribution in [0.4, 0.5) is 4.79 Å². The van der Waals surface area contributed by atoms with Crippen molar-refractivity contribution in [1.29, 1.82) is 0 Å². The van der Waals surface area contributed by atoms with E-state index in [1.165, 1.54) is 0 Å². The Labute approximate surface area is 201 Å². The number of rotatable bonds is 13. The predicted molar refractivity (Wildman–Crippen MR) is 134 cm³/mol. The van der Waals surface area contributed by atoms with Gasteiger partial charge in [-0.25, -0.2) is 4.79 Å². The number of carbonyl (C=O) groups is 1. The molecule has 3 rings (SSSR count). The fraction of sp³-hybridized carbons (Fsp3) is 0.321. The van der Waals surface area contributed by atoms with Crippen LogP contribution in [0.5, 0.6) is 5.75 Å². The summed E-state index contributed by atoms with van der Waals surface area (Å²) in [6.07, 6.45) is 1.66. The number of carbonyl (C=O) groups excluding carboxylic acids is 1. The topological polar surface area (TPSA) is 85.0 Å². The first-order valence-electron chi connectivity index (χ1n) is 11.8. The summed E-state index contributed by atoms with van der Waals surface area (Å²) in [6.45, 7) is 2.28. The fourth-order valence-corrected chi connectivity index (χ4v) is 3.63. The molecule has 0 bridgehead atoms. The van der Waals surface area contributed by atoms with Crippen molar-refractivity contribution < 1.29 is 19.4 Å². The van der Waals surface area contributed by atoms with Crippen molar-refractivity contribution in [1.82, 2.24) is 4.90 Å². The molecule has 0 aliphatic carbocycles. The Morgan fingerprint density at radius 2 is 1.56 bits per heavy atom. The number of aliphatic hydroxyl groups is 1. The average molecular weight is 463 g/mol. The molecule has 0 atom stereocenters. The van der Waals surface area contributed by atoms with Crippen LogP contribution in [-0.4, -0.2) is 42.4 Å². The Bertz CT molecular complexity index is 996. The number of amides is 1. The van der Waals surface area contributed by atoms with Crippen molar-refractivity contribution in [2.45, 2.75) is 32.4 Å². The highest BCUT2D eigenvalue weighted by Crippen LogP contribution is 2.31.